The van der Waals surface area contributed by atoms with E-state index >= 15 is 0 Å². The number of hydrogen-bond acceptors (Lipinski definition) is 8. The van der Waals surface area contributed by atoms with E-state index in [9.17, 15) is 9.59 Å². The standard InChI is InChI=1S/C19H20N4O4S2/c1-2-7-23-18(26)14(29-19(23)28)12-13-16(20-6-10-27-11-9-24)21-15-5-3-4-8-22(15)17(13)25/h2-5,8,12,20,24H,1,6-7,9-11H2/b14-12-. The summed E-state index contributed by atoms with van der Waals surface area (Å²) in [6.07, 6.45) is 4.74. The Bertz CT molecular complexity index is 1030. The summed E-state index contributed by atoms with van der Waals surface area (Å²) in [6, 6.07) is 5.25. The topological polar surface area (TPSA) is 96.2 Å². The van der Waals surface area contributed by atoms with Crippen LogP contribution in [0.25, 0.3) is 11.7 Å². The molecule has 0 bridgehead atoms. The molecule has 0 aliphatic carbocycles. The Morgan fingerprint density at radius 1 is 1.34 bits per heavy atom. The minimum absolute atomic E-state index is 0.0621. The maximum atomic E-state index is 13.1. The molecule has 1 fully saturated rings. The number of carbonyl (C=O) groups is 1. The molecule has 0 radical (unpaired) electrons. The van der Waals surface area contributed by atoms with Gasteiger partial charge in [-0.3, -0.25) is 18.9 Å². The highest BCUT2D eigenvalue weighted by Crippen LogP contribution is 2.32. The number of ether oxygens (including phenoxy) is 1. The minimum Gasteiger partial charge on any atom is -0.394 e. The number of carbonyl (C=O) groups excluding carboxylic acids is 1. The quantitative estimate of drug-likeness (QED) is 0.266. The van der Waals surface area contributed by atoms with E-state index in [1.54, 1.807) is 30.5 Å². The number of thiocarbonyl (C=S) groups is 1. The number of fused-ring (bicyclic) bond motifs is 1. The van der Waals surface area contributed by atoms with E-state index in [1.807, 2.05) is 0 Å². The molecule has 0 aromatic carbocycles. The van der Waals surface area contributed by atoms with Gasteiger partial charge in [0.2, 0.25) is 0 Å². The van der Waals surface area contributed by atoms with Crippen molar-refractivity contribution in [3.63, 3.8) is 0 Å². The van der Waals surface area contributed by atoms with Crippen molar-refractivity contribution in [2.45, 2.75) is 0 Å². The third-order valence-electron chi connectivity index (χ3n) is 4.00. The molecular formula is C19H20N4O4S2. The number of pyridine rings is 1. The summed E-state index contributed by atoms with van der Waals surface area (Å²) in [7, 11) is 0. The molecule has 3 rings (SSSR count). The van der Waals surface area contributed by atoms with Crippen LogP contribution in [0.3, 0.4) is 0 Å². The number of rotatable bonds is 9. The largest absolute Gasteiger partial charge is 0.394 e. The Morgan fingerprint density at radius 2 is 2.17 bits per heavy atom. The lowest BCUT2D eigenvalue weighted by Gasteiger charge is -2.12. The highest BCUT2D eigenvalue weighted by Gasteiger charge is 2.31. The molecule has 0 atom stereocenters. The van der Waals surface area contributed by atoms with Gasteiger partial charge >= 0.3 is 0 Å². The van der Waals surface area contributed by atoms with Crippen LogP contribution in [0.1, 0.15) is 5.56 Å². The first-order valence-corrected chi connectivity index (χ1v) is 10.1. The van der Waals surface area contributed by atoms with Gasteiger partial charge in [0.05, 0.1) is 30.3 Å². The highest BCUT2D eigenvalue weighted by atomic mass is 32.2. The second kappa shape index (κ2) is 9.79. The fourth-order valence-corrected chi connectivity index (χ4v) is 3.95. The number of amides is 1. The van der Waals surface area contributed by atoms with Crippen LogP contribution in [-0.2, 0) is 9.53 Å². The molecule has 10 heteroatoms. The number of nitrogens with zero attached hydrogens (tertiary/aromatic N) is 3. The molecular weight excluding hydrogens is 412 g/mol. The van der Waals surface area contributed by atoms with E-state index in [0.29, 0.717) is 40.4 Å². The van der Waals surface area contributed by atoms with Gasteiger partial charge in [0.15, 0.2) is 0 Å². The number of aliphatic hydroxyl groups excluding tert-OH is 1. The predicted octanol–water partition coefficient (Wildman–Crippen LogP) is 1.50. The van der Waals surface area contributed by atoms with E-state index in [1.165, 1.54) is 15.4 Å². The zero-order valence-corrected chi connectivity index (χ0v) is 17.2. The molecule has 1 aliphatic rings. The van der Waals surface area contributed by atoms with E-state index < -0.39 is 0 Å². The number of hydrogen-bond donors (Lipinski definition) is 2. The first-order chi connectivity index (χ1) is 14.1. The van der Waals surface area contributed by atoms with E-state index in [4.69, 9.17) is 22.1 Å². The van der Waals surface area contributed by atoms with Gasteiger partial charge in [-0.25, -0.2) is 4.98 Å². The van der Waals surface area contributed by atoms with Gasteiger partial charge in [-0.1, -0.05) is 36.1 Å². The summed E-state index contributed by atoms with van der Waals surface area (Å²) in [6.45, 7) is 4.83. The summed E-state index contributed by atoms with van der Waals surface area (Å²) in [5.74, 6) is 0.0810. The Morgan fingerprint density at radius 3 is 2.93 bits per heavy atom. The second-order valence-corrected chi connectivity index (χ2v) is 7.63. The van der Waals surface area contributed by atoms with Gasteiger partial charge in [0.1, 0.15) is 15.8 Å². The summed E-state index contributed by atoms with van der Waals surface area (Å²) >= 11 is 6.40. The molecule has 8 nitrogen and oxygen atoms in total. The number of thioether (sulfide) groups is 1. The first-order valence-electron chi connectivity index (χ1n) is 8.87. The monoisotopic (exact) mass is 432 g/mol. The molecule has 0 spiro atoms. The van der Waals surface area contributed by atoms with Crippen molar-refractivity contribution in [3.8, 4) is 0 Å². The SMILES string of the molecule is C=CCN1C(=O)/C(=C/c2c(NCCOCCO)nc3ccccn3c2=O)SC1=S. The van der Waals surface area contributed by atoms with Crippen LogP contribution in [0.5, 0.6) is 0 Å². The second-order valence-electron chi connectivity index (χ2n) is 5.95. The molecule has 1 amide bonds. The molecule has 1 aliphatic heterocycles. The molecule has 2 aromatic heterocycles. The van der Waals surface area contributed by atoms with Crippen molar-refractivity contribution in [1.29, 1.82) is 0 Å². The number of aromatic nitrogens is 2. The third-order valence-corrected chi connectivity index (χ3v) is 5.38. The van der Waals surface area contributed by atoms with Crippen LogP contribution in [0.15, 0.2) is 46.8 Å². The fourth-order valence-electron chi connectivity index (χ4n) is 2.69. The van der Waals surface area contributed by atoms with Crippen molar-refractivity contribution in [3.05, 3.63) is 57.9 Å². The molecule has 0 saturated carbocycles. The zero-order chi connectivity index (χ0) is 20.8. The predicted molar refractivity (Wildman–Crippen MR) is 118 cm³/mol. The van der Waals surface area contributed by atoms with Crippen LogP contribution < -0.4 is 10.9 Å². The van der Waals surface area contributed by atoms with Crippen LogP contribution in [0.2, 0.25) is 0 Å². The molecule has 2 aromatic rings. The van der Waals surface area contributed by atoms with Crippen molar-refractivity contribution < 1.29 is 14.6 Å². The lowest BCUT2D eigenvalue weighted by Crippen LogP contribution is -2.28. The van der Waals surface area contributed by atoms with Crippen LogP contribution in [0.4, 0.5) is 5.82 Å². The number of aliphatic hydroxyl groups is 1. The van der Waals surface area contributed by atoms with E-state index in [-0.39, 0.29) is 30.2 Å². The third kappa shape index (κ3) is 4.73. The molecule has 29 heavy (non-hydrogen) atoms. The van der Waals surface area contributed by atoms with Gasteiger partial charge < -0.3 is 15.2 Å². The van der Waals surface area contributed by atoms with Gasteiger partial charge in [0, 0.05) is 19.3 Å². The van der Waals surface area contributed by atoms with Crippen LogP contribution in [-0.4, -0.2) is 62.5 Å². The Labute approximate surface area is 176 Å². The first kappa shape index (κ1) is 21.2. The number of anilines is 1. The normalized spacial score (nSPS) is 15.5. The minimum atomic E-state index is -0.302. The molecule has 3 heterocycles. The summed E-state index contributed by atoms with van der Waals surface area (Å²) < 4.78 is 7.08. The van der Waals surface area contributed by atoms with Crippen LogP contribution >= 0.6 is 24.0 Å². The molecule has 1 saturated heterocycles. The maximum Gasteiger partial charge on any atom is 0.267 e. The molecule has 2 N–H and O–H groups in total. The summed E-state index contributed by atoms with van der Waals surface area (Å²) in [5.41, 5.74) is 0.436. The number of nitrogens with one attached hydrogen (secondary N) is 1. The maximum absolute atomic E-state index is 13.1. The smallest absolute Gasteiger partial charge is 0.267 e. The van der Waals surface area contributed by atoms with Crippen molar-refractivity contribution in [2.75, 3.05) is 38.2 Å². The molecule has 0 unspecified atom stereocenters. The summed E-state index contributed by atoms with van der Waals surface area (Å²) in [4.78, 5) is 32.0. The summed E-state index contributed by atoms with van der Waals surface area (Å²) in [5, 5.41) is 11.9. The van der Waals surface area contributed by atoms with Gasteiger partial charge in [-0.05, 0) is 18.2 Å². The Kier molecular flexibility index (Phi) is 7.15. The molecule has 152 valence electrons. The lowest BCUT2D eigenvalue weighted by molar-refractivity contribution is -0.121. The average Bonchev–Trinajstić information content (AvgIpc) is 2.98. The van der Waals surface area contributed by atoms with Crippen molar-refractivity contribution >= 4 is 51.7 Å². The van der Waals surface area contributed by atoms with E-state index in [0.717, 1.165) is 11.8 Å². The van der Waals surface area contributed by atoms with Gasteiger partial charge in [-0.15, -0.1) is 6.58 Å². The van der Waals surface area contributed by atoms with E-state index in [2.05, 4.69) is 16.9 Å². The zero-order valence-electron chi connectivity index (χ0n) is 15.5. The Hall–Kier alpha value is -2.53. The lowest BCUT2D eigenvalue weighted by atomic mass is 10.2. The van der Waals surface area contributed by atoms with Crippen molar-refractivity contribution in [2.24, 2.45) is 0 Å². The van der Waals surface area contributed by atoms with Crippen molar-refractivity contribution in [1.82, 2.24) is 14.3 Å². The highest BCUT2D eigenvalue weighted by molar-refractivity contribution is 8.26. The van der Waals surface area contributed by atoms with Crippen LogP contribution in [0, 0.1) is 0 Å². The Balaban J connectivity index is 1.98. The average molecular weight is 433 g/mol. The van der Waals surface area contributed by atoms with Gasteiger partial charge in [-0.2, -0.15) is 0 Å². The fraction of sp³-hybridized carbons (Fsp3) is 0.263. The van der Waals surface area contributed by atoms with Gasteiger partial charge in [0.25, 0.3) is 11.5 Å².